The standard InChI is InChI=1S/C15H17N3O2/c1-11-5-4-6-12(18-11)9-17-15(19)10-20-14-8-3-2-7-13(14)16/h2-8H,9-10,16H2,1H3,(H,17,19). The topological polar surface area (TPSA) is 77.2 Å². The number of aryl methyl sites for hydroxylation is 1. The Bertz CT molecular complexity index is 599. The minimum Gasteiger partial charge on any atom is -0.482 e. The summed E-state index contributed by atoms with van der Waals surface area (Å²) in [5.74, 6) is 0.299. The van der Waals surface area contributed by atoms with Gasteiger partial charge in [-0.3, -0.25) is 9.78 Å². The predicted molar refractivity (Wildman–Crippen MR) is 77.2 cm³/mol. The van der Waals surface area contributed by atoms with Gasteiger partial charge in [0.25, 0.3) is 5.91 Å². The molecule has 0 aliphatic rings. The zero-order chi connectivity index (χ0) is 14.4. The van der Waals surface area contributed by atoms with Crippen molar-refractivity contribution in [1.82, 2.24) is 10.3 Å². The first-order valence-corrected chi connectivity index (χ1v) is 6.31. The Kier molecular flexibility index (Phi) is 4.55. The maximum atomic E-state index is 11.7. The summed E-state index contributed by atoms with van der Waals surface area (Å²) in [6.45, 7) is 2.22. The second-order valence-corrected chi connectivity index (χ2v) is 4.37. The van der Waals surface area contributed by atoms with Gasteiger partial charge in [0.05, 0.1) is 17.9 Å². The first kappa shape index (κ1) is 13.9. The van der Waals surface area contributed by atoms with Gasteiger partial charge in [0, 0.05) is 5.69 Å². The molecule has 0 aliphatic heterocycles. The van der Waals surface area contributed by atoms with Crippen LogP contribution in [0, 0.1) is 6.92 Å². The van der Waals surface area contributed by atoms with Crippen molar-refractivity contribution < 1.29 is 9.53 Å². The highest BCUT2D eigenvalue weighted by Crippen LogP contribution is 2.19. The molecule has 0 fully saturated rings. The average molecular weight is 271 g/mol. The van der Waals surface area contributed by atoms with Gasteiger partial charge in [0.2, 0.25) is 0 Å². The minimum atomic E-state index is -0.212. The molecule has 2 aromatic rings. The Balaban J connectivity index is 1.80. The van der Waals surface area contributed by atoms with Gasteiger partial charge in [-0.2, -0.15) is 0 Å². The number of rotatable bonds is 5. The molecule has 0 spiro atoms. The van der Waals surface area contributed by atoms with Crippen molar-refractivity contribution in [3.63, 3.8) is 0 Å². The summed E-state index contributed by atoms with van der Waals surface area (Å²) in [5.41, 5.74) is 7.97. The Morgan fingerprint density at radius 3 is 2.80 bits per heavy atom. The molecule has 0 unspecified atom stereocenters. The molecule has 0 atom stereocenters. The second kappa shape index (κ2) is 6.56. The van der Waals surface area contributed by atoms with E-state index in [1.165, 1.54) is 0 Å². The summed E-state index contributed by atoms with van der Waals surface area (Å²) >= 11 is 0. The zero-order valence-electron chi connectivity index (χ0n) is 11.3. The van der Waals surface area contributed by atoms with E-state index in [4.69, 9.17) is 10.5 Å². The van der Waals surface area contributed by atoms with Crippen LogP contribution in [0.3, 0.4) is 0 Å². The number of carbonyl (C=O) groups excluding carboxylic acids is 1. The smallest absolute Gasteiger partial charge is 0.258 e. The molecular weight excluding hydrogens is 254 g/mol. The fourth-order valence-electron chi connectivity index (χ4n) is 1.69. The molecule has 5 nitrogen and oxygen atoms in total. The minimum absolute atomic E-state index is 0.0694. The Hall–Kier alpha value is -2.56. The highest BCUT2D eigenvalue weighted by atomic mass is 16.5. The van der Waals surface area contributed by atoms with E-state index >= 15 is 0 Å². The number of nitrogen functional groups attached to an aromatic ring is 1. The number of ether oxygens (including phenoxy) is 1. The number of benzene rings is 1. The lowest BCUT2D eigenvalue weighted by Gasteiger charge is -2.09. The monoisotopic (exact) mass is 271 g/mol. The van der Waals surface area contributed by atoms with Gasteiger partial charge in [0.1, 0.15) is 5.75 Å². The Labute approximate surface area is 117 Å². The van der Waals surface area contributed by atoms with Gasteiger partial charge in [-0.05, 0) is 31.2 Å². The molecule has 0 aliphatic carbocycles. The van der Waals surface area contributed by atoms with Gasteiger partial charge in [-0.25, -0.2) is 0 Å². The molecule has 104 valence electrons. The van der Waals surface area contributed by atoms with Crippen LogP contribution in [0.25, 0.3) is 0 Å². The summed E-state index contributed by atoms with van der Waals surface area (Å²) in [7, 11) is 0. The van der Waals surface area contributed by atoms with Crippen molar-refractivity contribution in [3.05, 3.63) is 53.9 Å². The quantitative estimate of drug-likeness (QED) is 0.811. The number of nitrogens with zero attached hydrogens (tertiary/aromatic N) is 1. The van der Waals surface area contributed by atoms with Gasteiger partial charge >= 0.3 is 0 Å². The molecule has 3 N–H and O–H groups in total. The average Bonchev–Trinajstić information content (AvgIpc) is 2.44. The third-order valence-electron chi connectivity index (χ3n) is 2.69. The van der Waals surface area contributed by atoms with Gasteiger partial charge in [0.15, 0.2) is 6.61 Å². The van der Waals surface area contributed by atoms with Gasteiger partial charge in [-0.15, -0.1) is 0 Å². The van der Waals surface area contributed by atoms with Crippen molar-refractivity contribution in [3.8, 4) is 5.75 Å². The summed E-state index contributed by atoms with van der Waals surface area (Å²) in [4.78, 5) is 16.0. The van der Waals surface area contributed by atoms with E-state index in [0.29, 0.717) is 18.0 Å². The fourth-order valence-corrected chi connectivity index (χ4v) is 1.69. The van der Waals surface area contributed by atoms with E-state index in [9.17, 15) is 4.79 Å². The van der Waals surface area contributed by atoms with Crippen LogP contribution >= 0.6 is 0 Å². The fraction of sp³-hybridized carbons (Fsp3) is 0.200. The largest absolute Gasteiger partial charge is 0.482 e. The van der Waals surface area contributed by atoms with Crippen LogP contribution in [0.1, 0.15) is 11.4 Å². The number of pyridine rings is 1. The molecule has 5 heteroatoms. The second-order valence-electron chi connectivity index (χ2n) is 4.37. The molecule has 1 aromatic heterocycles. The SMILES string of the molecule is Cc1cccc(CNC(=O)COc2ccccc2N)n1. The molecule has 1 aromatic carbocycles. The number of para-hydroxylation sites is 2. The van der Waals surface area contributed by atoms with Gasteiger partial charge in [-0.1, -0.05) is 18.2 Å². The van der Waals surface area contributed by atoms with Gasteiger partial charge < -0.3 is 15.8 Å². The number of hydrogen-bond acceptors (Lipinski definition) is 4. The third-order valence-corrected chi connectivity index (χ3v) is 2.69. The number of aromatic nitrogens is 1. The maximum absolute atomic E-state index is 11.7. The Morgan fingerprint density at radius 1 is 1.25 bits per heavy atom. The van der Waals surface area contributed by atoms with Crippen LogP contribution in [-0.2, 0) is 11.3 Å². The summed E-state index contributed by atoms with van der Waals surface area (Å²) in [6.07, 6.45) is 0. The highest BCUT2D eigenvalue weighted by Gasteiger charge is 2.05. The molecule has 0 bridgehead atoms. The van der Waals surface area contributed by atoms with E-state index in [1.54, 1.807) is 18.2 Å². The molecular formula is C15H17N3O2. The van der Waals surface area contributed by atoms with E-state index in [0.717, 1.165) is 11.4 Å². The van der Waals surface area contributed by atoms with E-state index in [2.05, 4.69) is 10.3 Å². The van der Waals surface area contributed by atoms with Crippen LogP contribution in [0.5, 0.6) is 5.75 Å². The molecule has 1 heterocycles. The van der Waals surface area contributed by atoms with Crippen LogP contribution < -0.4 is 15.8 Å². The van der Waals surface area contributed by atoms with Crippen molar-refractivity contribution in [1.29, 1.82) is 0 Å². The molecule has 2 rings (SSSR count). The number of anilines is 1. The molecule has 0 saturated carbocycles. The normalized spacial score (nSPS) is 10.1. The van der Waals surface area contributed by atoms with Crippen molar-refractivity contribution in [2.24, 2.45) is 0 Å². The van der Waals surface area contributed by atoms with E-state index in [-0.39, 0.29) is 12.5 Å². The summed E-state index contributed by atoms with van der Waals surface area (Å²) in [5, 5.41) is 2.75. The first-order valence-electron chi connectivity index (χ1n) is 6.31. The Morgan fingerprint density at radius 2 is 2.05 bits per heavy atom. The van der Waals surface area contributed by atoms with E-state index in [1.807, 2.05) is 31.2 Å². The number of carbonyl (C=O) groups is 1. The first-order chi connectivity index (χ1) is 9.65. The maximum Gasteiger partial charge on any atom is 0.258 e. The zero-order valence-corrected chi connectivity index (χ0v) is 11.3. The van der Waals surface area contributed by atoms with Crippen LogP contribution in [0.4, 0.5) is 5.69 Å². The van der Waals surface area contributed by atoms with Crippen molar-refractivity contribution in [2.75, 3.05) is 12.3 Å². The van der Waals surface area contributed by atoms with Crippen LogP contribution in [0.2, 0.25) is 0 Å². The number of amides is 1. The number of nitrogens with two attached hydrogens (primary N) is 1. The summed E-state index contributed by atoms with van der Waals surface area (Å²) < 4.78 is 5.35. The third kappa shape index (κ3) is 3.98. The summed E-state index contributed by atoms with van der Waals surface area (Å²) in [6, 6.07) is 12.8. The molecule has 1 amide bonds. The van der Waals surface area contributed by atoms with Crippen molar-refractivity contribution in [2.45, 2.75) is 13.5 Å². The molecule has 0 saturated heterocycles. The molecule has 20 heavy (non-hydrogen) atoms. The number of nitrogens with one attached hydrogen (secondary N) is 1. The van der Waals surface area contributed by atoms with Crippen LogP contribution in [-0.4, -0.2) is 17.5 Å². The molecule has 0 radical (unpaired) electrons. The lowest BCUT2D eigenvalue weighted by atomic mass is 10.3. The highest BCUT2D eigenvalue weighted by molar-refractivity contribution is 5.77. The van der Waals surface area contributed by atoms with E-state index < -0.39 is 0 Å². The lowest BCUT2D eigenvalue weighted by Crippen LogP contribution is -2.28. The lowest BCUT2D eigenvalue weighted by molar-refractivity contribution is -0.123. The van der Waals surface area contributed by atoms with Crippen molar-refractivity contribution >= 4 is 11.6 Å². The predicted octanol–water partition coefficient (Wildman–Crippen LogP) is 1.67. The number of hydrogen-bond donors (Lipinski definition) is 2. The van der Waals surface area contributed by atoms with Crippen LogP contribution in [0.15, 0.2) is 42.5 Å².